The van der Waals surface area contributed by atoms with E-state index in [0.717, 1.165) is 12.2 Å². The van der Waals surface area contributed by atoms with Gasteiger partial charge in [-0.3, -0.25) is 0 Å². The fraction of sp³-hybridized carbons (Fsp3) is 0.636. The minimum absolute atomic E-state index is 0.148. The molecule has 0 aliphatic carbocycles. The molecule has 0 amide bonds. The number of rotatable bonds is 7. The summed E-state index contributed by atoms with van der Waals surface area (Å²) in [6, 6.07) is 1.79. The average Bonchev–Trinajstić information content (AvgIpc) is 2.34. The lowest BCUT2D eigenvalue weighted by molar-refractivity contribution is 0.128. The van der Waals surface area contributed by atoms with E-state index in [4.69, 9.17) is 9.47 Å². The number of methoxy groups -OCH3 is 1. The SMILES string of the molecule is CCCOc1cc(NCC(C)OC)ncn1. The number of nitrogens with one attached hydrogen (secondary N) is 1. The van der Waals surface area contributed by atoms with E-state index in [-0.39, 0.29) is 6.10 Å². The number of nitrogens with zero attached hydrogens (tertiary/aromatic N) is 2. The summed E-state index contributed by atoms with van der Waals surface area (Å²) in [6.45, 7) is 5.43. The Hall–Kier alpha value is -1.36. The highest BCUT2D eigenvalue weighted by Crippen LogP contribution is 2.11. The van der Waals surface area contributed by atoms with Gasteiger partial charge in [0.1, 0.15) is 12.1 Å². The lowest BCUT2D eigenvalue weighted by Gasteiger charge is -2.11. The third-order valence-electron chi connectivity index (χ3n) is 2.07. The molecule has 1 N–H and O–H groups in total. The van der Waals surface area contributed by atoms with Crippen LogP contribution < -0.4 is 10.1 Å². The first-order valence-electron chi connectivity index (χ1n) is 5.47. The maximum absolute atomic E-state index is 5.41. The number of hydrogen-bond donors (Lipinski definition) is 1. The minimum atomic E-state index is 0.148. The van der Waals surface area contributed by atoms with E-state index in [1.54, 1.807) is 13.2 Å². The van der Waals surface area contributed by atoms with E-state index in [2.05, 4.69) is 22.2 Å². The lowest BCUT2D eigenvalue weighted by atomic mass is 10.4. The van der Waals surface area contributed by atoms with Gasteiger partial charge in [0.15, 0.2) is 0 Å². The molecule has 0 saturated heterocycles. The quantitative estimate of drug-likeness (QED) is 0.765. The number of anilines is 1. The molecule has 90 valence electrons. The molecule has 0 aliphatic heterocycles. The van der Waals surface area contributed by atoms with Crippen molar-refractivity contribution in [1.82, 2.24) is 9.97 Å². The predicted octanol–water partition coefficient (Wildman–Crippen LogP) is 1.71. The van der Waals surface area contributed by atoms with Crippen molar-refractivity contribution in [3.63, 3.8) is 0 Å². The highest BCUT2D eigenvalue weighted by atomic mass is 16.5. The van der Waals surface area contributed by atoms with Crippen LogP contribution in [0.25, 0.3) is 0 Å². The minimum Gasteiger partial charge on any atom is -0.478 e. The van der Waals surface area contributed by atoms with Crippen LogP contribution in [0.5, 0.6) is 5.88 Å². The van der Waals surface area contributed by atoms with Crippen LogP contribution in [0.2, 0.25) is 0 Å². The molecule has 5 heteroatoms. The molecular formula is C11H19N3O2. The van der Waals surface area contributed by atoms with Crippen molar-refractivity contribution >= 4 is 5.82 Å². The van der Waals surface area contributed by atoms with Crippen molar-refractivity contribution in [1.29, 1.82) is 0 Å². The van der Waals surface area contributed by atoms with Crippen molar-refractivity contribution < 1.29 is 9.47 Å². The first kappa shape index (κ1) is 12.7. The van der Waals surface area contributed by atoms with Crippen molar-refractivity contribution in [3.05, 3.63) is 12.4 Å². The molecular weight excluding hydrogens is 206 g/mol. The summed E-state index contributed by atoms with van der Waals surface area (Å²) < 4.78 is 10.5. The van der Waals surface area contributed by atoms with Gasteiger partial charge < -0.3 is 14.8 Å². The second kappa shape index (κ2) is 7.00. The van der Waals surface area contributed by atoms with Crippen LogP contribution in [0.15, 0.2) is 12.4 Å². The van der Waals surface area contributed by atoms with Gasteiger partial charge in [0.25, 0.3) is 0 Å². The predicted molar refractivity (Wildman–Crippen MR) is 62.8 cm³/mol. The molecule has 0 radical (unpaired) electrons. The van der Waals surface area contributed by atoms with Crippen molar-refractivity contribution in [2.75, 3.05) is 25.6 Å². The Kier molecular flexibility index (Phi) is 5.56. The topological polar surface area (TPSA) is 56.3 Å². The van der Waals surface area contributed by atoms with E-state index in [1.807, 2.05) is 6.92 Å². The van der Waals surface area contributed by atoms with Crippen LogP contribution in [0.3, 0.4) is 0 Å². The zero-order valence-corrected chi connectivity index (χ0v) is 10.1. The molecule has 0 spiro atoms. The van der Waals surface area contributed by atoms with Gasteiger partial charge in [-0.2, -0.15) is 0 Å². The monoisotopic (exact) mass is 225 g/mol. The Morgan fingerprint density at radius 3 is 2.94 bits per heavy atom. The first-order valence-corrected chi connectivity index (χ1v) is 5.47. The summed E-state index contributed by atoms with van der Waals surface area (Å²) in [5.41, 5.74) is 0. The van der Waals surface area contributed by atoms with Gasteiger partial charge in [-0.15, -0.1) is 0 Å². The van der Waals surface area contributed by atoms with Gasteiger partial charge in [0.2, 0.25) is 5.88 Å². The number of aromatic nitrogens is 2. The standard InChI is InChI=1S/C11H19N3O2/c1-4-5-16-11-6-10(13-8-14-11)12-7-9(2)15-3/h6,8-9H,4-5,7H2,1-3H3,(H,12,13,14). The molecule has 5 nitrogen and oxygen atoms in total. The molecule has 1 rings (SSSR count). The highest BCUT2D eigenvalue weighted by Gasteiger charge is 2.02. The zero-order valence-electron chi connectivity index (χ0n) is 10.1. The van der Waals surface area contributed by atoms with Gasteiger partial charge in [0, 0.05) is 19.7 Å². The average molecular weight is 225 g/mol. The smallest absolute Gasteiger partial charge is 0.218 e. The van der Waals surface area contributed by atoms with Crippen molar-refractivity contribution in [2.24, 2.45) is 0 Å². The molecule has 1 atom stereocenters. The van der Waals surface area contributed by atoms with E-state index in [0.29, 0.717) is 19.0 Å². The normalized spacial score (nSPS) is 12.2. The van der Waals surface area contributed by atoms with Gasteiger partial charge in [-0.1, -0.05) is 6.92 Å². The van der Waals surface area contributed by atoms with Gasteiger partial charge in [0.05, 0.1) is 12.7 Å². The third-order valence-corrected chi connectivity index (χ3v) is 2.07. The summed E-state index contributed by atoms with van der Waals surface area (Å²) in [4.78, 5) is 8.12. The summed E-state index contributed by atoms with van der Waals surface area (Å²) >= 11 is 0. The molecule has 0 bridgehead atoms. The molecule has 1 aromatic heterocycles. The first-order chi connectivity index (χ1) is 7.76. The van der Waals surface area contributed by atoms with Crippen LogP contribution in [0.1, 0.15) is 20.3 Å². The summed E-state index contributed by atoms with van der Waals surface area (Å²) in [5, 5.41) is 3.16. The fourth-order valence-corrected chi connectivity index (χ4v) is 1.05. The van der Waals surface area contributed by atoms with E-state index in [1.165, 1.54) is 6.33 Å². The maximum Gasteiger partial charge on any atom is 0.218 e. The van der Waals surface area contributed by atoms with Gasteiger partial charge in [-0.25, -0.2) is 9.97 Å². The lowest BCUT2D eigenvalue weighted by Crippen LogP contribution is -2.18. The van der Waals surface area contributed by atoms with Gasteiger partial charge >= 0.3 is 0 Å². The van der Waals surface area contributed by atoms with Gasteiger partial charge in [-0.05, 0) is 13.3 Å². The fourth-order valence-electron chi connectivity index (χ4n) is 1.05. The Bertz CT molecular complexity index is 307. The molecule has 1 unspecified atom stereocenters. The molecule has 16 heavy (non-hydrogen) atoms. The highest BCUT2D eigenvalue weighted by molar-refractivity contribution is 5.37. The van der Waals surface area contributed by atoms with Crippen LogP contribution in [-0.2, 0) is 4.74 Å². The van der Waals surface area contributed by atoms with E-state index >= 15 is 0 Å². The van der Waals surface area contributed by atoms with E-state index < -0.39 is 0 Å². The Morgan fingerprint density at radius 1 is 1.44 bits per heavy atom. The maximum atomic E-state index is 5.41. The molecule has 0 aliphatic rings. The largest absolute Gasteiger partial charge is 0.478 e. The van der Waals surface area contributed by atoms with Crippen LogP contribution in [0.4, 0.5) is 5.82 Å². The molecule has 1 heterocycles. The van der Waals surface area contributed by atoms with E-state index in [9.17, 15) is 0 Å². The zero-order chi connectivity index (χ0) is 11.8. The second-order valence-corrected chi connectivity index (χ2v) is 3.52. The van der Waals surface area contributed by atoms with Crippen LogP contribution in [-0.4, -0.2) is 36.3 Å². The summed E-state index contributed by atoms with van der Waals surface area (Å²) in [7, 11) is 1.68. The Morgan fingerprint density at radius 2 is 2.25 bits per heavy atom. The van der Waals surface area contributed by atoms with Crippen molar-refractivity contribution in [2.45, 2.75) is 26.4 Å². The third kappa shape index (κ3) is 4.44. The molecule has 0 saturated carbocycles. The summed E-state index contributed by atoms with van der Waals surface area (Å²) in [5.74, 6) is 1.36. The summed E-state index contributed by atoms with van der Waals surface area (Å²) in [6.07, 6.45) is 2.60. The number of ether oxygens (including phenoxy) is 2. The Balaban J connectivity index is 2.46. The second-order valence-electron chi connectivity index (χ2n) is 3.52. The molecule has 0 fully saturated rings. The Labute approximate surface area is 96.2 Å². The molecule has 0 aromatic carbocycles. The molecule has 1 aromatic rings. The van der Waals surface area contributed by atoms with Crippen LogP contribution >= 0.6 is 0 Å². The van der Waals surface area contributed by atoms with Crippen LogP contribution in [0, 0.1) is 0 Å². The number of hydrogen-bond acceptors (Lipinski definition) is 5. The van der Waals surface area contributed by atoms with Crippen molar-refractivity contribution in [3.8, 4) is 5.88 Å².